The summed E-state index contributed by atoms with van der Waals surface area (Å²) in [5.74, 6) is -0.000903. The zero-order chi connectivity index (χ0) is 21.6. The molecular formula is C24H24N4O2S. The van der Waals surface area contributed by atoms with E-state index in [0.29, 0.717) is 11.1 Å². The maximum atomic E-state index is 12.3. The first kappa shape index (κ1) is 21.1. The Morgan fingerprint density at radius 1 is 1.16 bits per heavy atom. The van der Waals surface area contributed by atoms with Crippen molar-refractivity contribution in [3.05, 3.63) is 71.8 Å². The topological polar surface area (TPSA) is 82.9 Å². The fourth-order valence-electron chi connectivity index (χ4n) is 3.08. The largest absolute Gasteiger partial charge is 0.326 e. The minimum absolute atomic E-state index is 0.0799. The maximum Gasteiger partial charge on any atom is 0.240 e. The fourth-order valence-corrected chi connectivity index (χ4v) is 4.00. The van der Waals surface area contributed by atoms with Crippen LogP contribution in [0.25, 0.3) is 6.08 Å². The van der Waals surface area contributed by atoms with Gasteiger partial charge in [0.25, 0.3) is 0 Å². The Morgan fingerprint density at radius 3 is 2.61 bits per heavy atom. The van der Waals surface area contributed by atoms with Gasteiger partial charge in [-0.1, -0.05) is 65.9 Å². The second-order valence-corrected chi connectivity index (χ2v) is 8.85. The predicted molar refractivity (Wildman–Crippen MR) is 127 cm³/mol. The number of carbonyl (C=O) groups excluding carboxylic acids is 2. The molecule has 2 N–H and O–H groups in total. The van der Waals surface area contributed by atoms with Gasteiger partial charge < -0.3 is 10.6 Å². The van der Waals surface area contributed by atoms with Gasteiger partial charge in [-0.2, -0.15) is 5.10 Å². The van der Waals surface area contributed by atoms with Crippen LogP contribution < -0.4 is 10.6 Å². The Balaban J connectivity index is 1.36. The van der Waals surface area contributed by atoms with E-state index in [4.69, 9.17) is 0 Å². The van der Waals surface area contributed by atoms with E-state index in [1.165, 1.54) is 11.8 Å². The van der Waals surface area contributed by atoms with Gasteiger partial charge in [0.2, 0.25) is 11.8 Å². The van der Waals surface area contributed by atoms with Crippen LogP contribution in [-0.4, -0.2) is 27.9 Å². The van der Waals surface area contributed by atoms with Crippen LogP contribution in [0.5, 0.6) is 0 Å². The Morgan fingerprint density at radius 2 is 1.90 bits per heavy atom. The van der Waals surface area contributed by atoms with Crippen LogP contribution in [0.15, 0.2) is 70.9 Å². The highest BCUT2D eigenvalue weighted by Crippen LogP contribution is 2.32. The molecule has 2 fully saturated rings. The van der Waals surface area contributed by atoms with Crippen molar-refractivity contribution >= 4 is 46.2 Å². The number of amidine groups is 1. The van der Waals surface area contributed by atoms with Gasteiger partial charge in [0.1, 0.15) is 5.25 Å². The average Bonchev–Trinajstić information content (AvgIpc) is 3.55. The molecule has 1 atom stereocenters. The number of amides is 2. The van der Waals surface area contributed by atoms with Gasteiger partial charge in [-0.05, 0) is 43.5 Å². The lowest BCUT2D eigenvalue weighted by molar-refractivity contribution is -0.122. The smallest absolute Gasteiger partial charge is 0.240 e. The third-order valence-corrected chi connectivity index (χ3v) is 6.05. The van der Waals surface area contributed by atoms with Crippen molar-refractivity contribution in [2.45, 2.75) is 31.4 Å². The molecule has 0 radical (unpaired) electrons. The van der Waals surface area contributed by atoms with Crippen LogP contribution in [0, 0.1) is 12.8 Å². The minimum atomic E-state index is -0.511. The SMILES string of the molecule is Cc1ccc(NC(=O)C[C@H]2SC(=NN=C(/C=C/c3ccccc3)C3CC3)NC2=O)cc1. The normalized spacial score (nSPS) is 20.3. The quantitative estimate of drug-likeness (QED) is 0.503. The number of aryl methyl sites for hydroxylation is 1. The molecule has 7 heteroatoms. The first-order valence-corrected chi connectivity index (χ1v) is 11.2. The van der Waals surface area contributed by atoms with Crippen molar-refractivity contribution in [1.29, 1.82) is 0 Å². The molecule has 1 aliphatic heterocycles. The van der Waals surface area contributed by atoms with Crippen LogP contribution in [0.4, 0.5) is 5.69 Å². The van der Waals surface area contributed by atoms with Crippen molar-refractivity contribution in [2.24, 2.45) is 16.1 Å². The first-order chi connectivity index (χ1) is 15.1. The molecule has 0 aromatic heterocycles. The number of thioether (sulfide) groups is 1. The fraction of sp³-hybridized carbons (Fsp3) is 0.250. The van der Waals surface area contributed by atoms with Gasteiger partial charge in [-0.3, -0.25) is 9.59 Å². The van der Waals surface area contributed by atoms with E-state index in [0.717, 1.165) is 35.4 Å². The highest BCUT2D eigenvalue weighted by Gasteiger charge is 2.32. The monoisotopic (exact) mass is 432 g/mol. The molecule has 2 aliphatic rings. The Hall–Kier alpha value is -3.19. The summed E-state index contributed by atoms with van der Waals surface area (Å²) in [6.07, 6.45) is 6.30. The van der Waals surface area contributed by atoms with Crippen molar-refractivity contribution in [3.63, 3.8) is 0 Å². The first-order valence-electron chi connectivity index (χ1n) is 10.3. The summed E-state index contributed by atoms with van der Waals surface area (Å²) in [6, 6.07) is 17.6. The zero-order valence-electron chi connectivity index (χ0n) is 17.2. The zero-order valence-corrected chi connectivity index (χ0v) is 18.1. The van der Waals surface area contributed by atoms with E-state index < -0.39 is 5.25 Å². The summed E-state index contributed by atoms with van der Waals surface area (Å²) in [5.41, 5.74) is 3.85. The average molecular weight is 433 g/mol. The molecule has 1 saturated carbocycles. The van der Waals surface area contributed by atoms with Crippen LogP contribution in [-0.2, 0) is 9.59 Å². The highest BCUT2D eigenvalue weighted by atomic mass is 32.2. The Labute approximate surface area is 185 Å². The summed E-state index contributed by atoms with van der Waals surface area (Å²) >= 11 is 1.25. The molecule has 1 saturated heterocycles. The molecule has 0 bridgehead atoms. The maximum absolute atomic E-state index is 12.3. The number of hydrogen-bond donors (Lipinski definition) is 2. The van der Waals surface area contributed by atoms with Gasteiger partial charge in [-0.25, -0.2) is 0 Å². The van der Waals surface area contributed by atoms with E-state index in [-0.39, 0.29) is 18.2 Å². The molecule has 0 spiro atoms. The lowest BCUT2D eigenvalue weighted by Crippen LogP contribution is -2.28. The molecular weight excluding hydrogens is 408 g/mol. The molecule has 0 unspecified atom stereocenters. The van der Waals surface area contributed by atoms with E-state index in [1.54, 1.807) is 0 Å². The van der Waals surface area contributed by atoms with E-state index in [2.05, 4.69) is 20.8 Å². The molecule has 1 heterocycles. The summed E-state index contributed by atoms with van der Waals surface area (Å²) < 4.78 is 0. The van der Waals surface area contributed by atoms with Crippen molar-refractivity contribution in [3.8, 4) is 0 Å². The molecule has 1 aliphatic carbocycles. The second-order valence-electron chi connectivity index (χ2n) is 7.66. The number of rotatable bonds is 7. The number of anilines is 1. The number of nitrogens with one attached hydrogen (secondary N) is 2. The predicted octanol–water partition coefficient (Wildman–Crippen LogP) is 4.39. The number of hydrogen-bond acceptors (Lipinski definition) is 5. The van der Waals surface area contributed by atoms with Crippen molar-refractivity contribution in [2.75, 3.05) is 5.32 Å². The highest BCUT2D eigenvalue weighted by molar-refractivity contribution is 8.15. The molecule has 2 aromatic rings. The van der Waals surface area contributed by atoms with E-state index >= 15 is 0 Å². The molecule has 4 rings (SSSR count). The van der Waals surface area contributed by atoms with Crippen LogP contribution in [0.3, 0.4) is 0 Å². The van der Waals surface area contributed by atoms with Crippen molar-refractivity contribution in [1.82, 2.24) is 5.32 Å². The number of benzene rings is 2. The standard InChI is InChI=1S/C24H24N4O2S/c1-16-7-12-19(13-8-16)25-22(29)15-21-23(30)26-24(31-21)28-27-20(18-10-11-18)14-9-17-5-3-2-4-6-17/h2-9,12-14,18,21H,10-11,15H2,1H3,(H,25,29)(H,26,28,30)/b14-9+,27-20?/t21-/m1/s1. The Kier molecular flexibility index (Phi) is 6.62. The molecule has 31 heavy (non-hydrogen) atoms. The van der Waals surface area contributed by atoms with Gasteiger partial charge in [0.15, 0.2) is 5.17 Å². The lowest BCUT2D eigenvalue weighted by atomic mass is 10.1. The molecule has 158 valence electrons. The van der Waals surface area contributed by atoms with Gasteiger partial charge >= 0.3 is 0 Å². The summed E-state index contributed by atoms with van der Waals surface area (Å²) in [6.45, 7) is 1.99. The van der Waals surface area contributed by atoms with Crippen LogP contribution in [0.1, 0.15) is 30.4 Å². The van der Waals surface area contributed by atoms with E-state index in [9.17, 15) is 9.59 Å². The molecule has 2 aromatic carbocycles. The number of allylic oxidation sites excluding steroid dienone is 1. The van der Waals surface area contributed by atoms with Crippen LogP contribution >= 0.6 is 11.8 Å². The van der Waals surface area contributed by atoms with Gasteiger partial charge in [0, 0.05) is 18.0 Å². The van der Waals surface area contributed by atoms with Crippen molar-refractivity contribution < 1.29 is 9.59 Å². The van der Waals surface area contributed by atoms with E-state index in [1.807, 2.05) is 73.7 Å². The molecule has 6 nitrogen and oxygen atoms in total. The third kappa shape index (κ3) is 6.15. The van der Waals surface area contributed by atoms with Crippen LogP contribution in [0.2, 0.25) is 0 Å². The summed E-state index contributed by atoms with van der Waals surface area (Å²) in [7, 11) is 0. The number of nitrogens with zero attached hydrogens (tertiary/aromatic N) is 2. The van der Waals surface area contributed by atoms with Gasteiger partial charge in [-0.15, -0.1) is 5.10 Å². The Bertz CT molecular complexity index is 1040. The number of carbonyl (C=O) groups is 2. The minimum Gasteiger partial charge on any atom is -0.326 e. The third-order valence-electron chi connectivity index (χ3n) is 4.98. The van der Waals surface area contributed by atoms with Gasteiger partial charge in [0.05, 0.1) is 5.71 Å². The second kappa shape index (κ2) is 9.75. The lowest BCUT2D eigenvalue weighted by Gasteiger charge is -2.07. The summed E-state index contributed by atoms with van der Waals surface area (Å²) in [4.78, 5) is 24.6. The molecule has 2 amide bonds. The summed E-state index contributed by atoms with van der Waals surface area (Å²) in [5, 5.41) is 14.1.